The highest BCUT2D eigenvalue weighted by molar-refractivity contribution is 6.15. The van der Waals surface area contributed by atoms with Crippen LogP contribution < -0.4 is 4.90 Å². The smallest absolute Gasteiger partial charge is 0.129 e. The fraction of sp³-hybridized carbons (Fsp3) is 0.333. The number of hydrogen-bond donors (Lipinski definition) is 0. The molecule has 2 aliphatic heterocycles. The van der Waals surface area contributed by atoms with Crippen LogP contribution in [0, 0.1) is 6.92 Å². The molecule has 1 fully saturated rings. The Labute approximate surface area is 130 Å². The van der Waals surface area contributed by atoms with Crippen molar-refractivity contribution in [2.75, 3.05) is 31.2 Å². The summed E-state index contributed by atoms with van der Waals surface area (Å²) in [6, 6.07) is 10.8. The van der Waals surface area contributed by atoms with Crippen LogP contribution in [0.3, 0.4) is 0 Å². The van der Waals surface area contributed by atoms with Crippen LogP contribution in [0.2, 0.25) is 0 Å². The number of aromatic nitrogens is 1. The summed E-state index contributed by atoms with van der Waals surface area (Å²) in [6.07, 6.45) is 1.89. The van der Waals surface area contributed by atoms with Gasteiger partial charge in [0.25, 0.3) is 0 Å². The van der Waals surface area contributed by atoms with Crippen LogP contribution >= 0.6 is 0 Å². The van der Waals surface area contributed by atoms with E-state index in [9.17, 15) is 0 Å². The van der Waals surface area contributed by atoms with Gasteiger partial charge in [-0.2, -0.15) is 0 Å². The number of morpholine rings is 1. The predicted molar refractivity (Wildman–Crippen MR) is 87.8 cm³/mol. The Morgan fingerprint density at radius 1 is 1.09 bits per heavy atom. The van der Waals surface area contributed by atoms with Gasteiger partial charge in [-0.3, -0.25) is 4.99 Å². The van der Waals surface area contributed by atoms with Gasteiger partial charge in [0.05, 0.1) is 25.5 Å². The third-order valence-corrected chi connectivity index (χ3v) is 4.28. The van der Waals surface area contributed by atoms with Gasteiger partial charge in [0, 0.05) is 30.4 Å². The quantitative estimate of drug-likeness (QED) is 0.854. The Bertz CT molecular complexity index is 733. The summed E-state index contributed by atoms with van der Waals surface area (Å²) >= 11 is 0. The van der Waals surface area contributed by atoms with Gasteiger partial charge >= 0.3 is 0 Å². The molecule has 2 aliphatic rings. The number of rotatable bonds is 2. The highest BCUT2D eigenvalue weighted by Gasteiger charge is 2.19. The number of nitrogens with zero attached hydrogens (tertiary/aromatic N) is 3. The maximum Gasteiger partial charge on any atom is 0.129 e. The zero-order chi connectivity index (χ0) is 14.9. The number of pyridine rings is 1. The molecule has 0 unspecified atom stereocenters. The molecule has 4 heteroatoms. The molecule has 1 aromatic heterocycles. The van der Waals surface area contributed by atoms with E-state index in [4.69, 9.17) is 9.73 Å². The van der Waals surface area contributed by atoms with Crippen molar-refractivity contribution in [3.8, 4) is 0 Å². The van der Waals surface area contributed by atoms with Crippen molar-refractivity contribution in [3.05, 3.63) is 58.8 Å². The van der Waals surface area contributed by atoms with Crippen molar-refractivity contribution in [2.24, 2.45) is 4.99 Å². The standard InChI is InChI=1S/C18H19N3O/c1-13-2-3-15-12-20-18(16(15)10-13)14-4-5-19-17(11-14)21-6-8-22-9-7-21/h2-5,10-11H,6-9,12H2,1H3. The first-order chi connectivity index (χ1) is 10.8. The highest BCUT2D eigenvalue weighted by Crippen LogP contribution is 2.25. The molecule has 0 saturated carbocycles. The number of benzene rings is 1. The van der Waals surface area contributed by atoms with Crippen molar-refractivity contribution < 1.29 is 4.74 Å². The van der Waals surface area contributed by atoms with Crippen LogP contribution in [0.5, 0.6) is 0 Å². The fourth-order valence-corrected chi connectivity index (χ4v) is 3.08. The molecule has 2 aromatic rings. The lowest BCUT2D eigenvalue weighted by Crippen LogP contribution is -2.36. The summed E-state index contributed by atoms with van der Waals surface area (Å²) in [5.74, 6) is 1.02. The molecule has 3 heterocycles. The van der Waals surface area contributed by atoms with Crippen LogP contribution in [-0.2, 0) is 11.3 Å². The Balaban J connectivity index is 1.68. The van der Waals surface area contributed by atoms with Crippen LogP contribution in [0.25, 0.3) is 0 Å². The first-order valence-corrected chi connectivity index (χ1v) is 7.75. The second-order valence-electron chi connectivity index (χ2n) is 5.83. The van der Waals surface area contributed by atoms with Gasteiger partial charge in [-0.1, -0.05) is 17.7 Å². The minimum Gasteiger partial charge on any atom is -0.378 e. The summed E-state index contributed by atoms with van der Waals surface area (Å²) in [4.78, 5) is 11.5. The number of ether oxygens (including phenoxy) is 1. The summed E-state index contributed by atoms with van der Waals surface area (Å²) in [7, 11) is 0. The fourth-order valence-electron chi connectivity index (χ4n) is 3.08. The maximum absolute atomic E-state index is 5.42. The summed E-state index contributed by atoms with van der Waals surface area (Å²) in [5, 5.41) is 0. The van der Waals surface area contributed by atoms with Crippen LogP contribution in [0.1, 0.15) is 22.3 Å². The number of anilines is 1. The van der Waals surface area contributed by atoms with Gasteiger partial charge in [-0.25, -0.2) is 4.98 Å². The minimum atomic E-state index is 0.773. The predicted octanol–water partition coefficient (Wildman–Crippen LogP) is 2.58. The van der Waals surface area contributed by atoms with Gasteiger partial charge in [-0.05, 0) is 30.7 Å². The average Bonchev–Trinajstić information content (AvgIpc) is 2.99. The van der Waals surface area contributed by atoms with Crippen molar-refractivity contribution in [3.63, 3.8) is 0 Å². The third-order valence-electron chi connectivity index (χ3n) is 4.28. The molecule has 4 rings (SSSR count). The number of fused-ring (bicyclic) bond motifs is 1. The lowest BCUT2D eigenvalue weighted by molar-refractivity contribution is 0.122. The Morgan fingerprint density at radius 3 is 2.82 bits per heavy atom. The topological polar surface area (TPSA) is 37.7 Å². The second-order valence-corrected chi connectivity index (χ2v) is 5.83. The molecular formula is C18H19N3O. The maximum atomic E-state index is 5.42. The summed E-state index contributed by atoms with van der Waals surface area (Å²) in [6.45, 7) is 6.25. The SMILES string of the molecule is Cc1ccc2c(c1)C(c1ccnc(N3CCOCC3)c1)=NC2. The zero-order valence-electron chi connectivity index (χ0n) is 12.7. The Kier molecular flexibility index (Phi) is 3.39. The van der Waals surface area contributed by atoms with E-state index in [1.807, 2.05) is 6.20 Å². The van der Waals surface area contributed by atoms with Crippen LogP contribution in [0.15, 0.2) is 41.5 Å². The number of aliphatic imine (C=N–C) groups is 1. The van der Waals surface area contributed by atoms with Crippen LogP contribution in [0.4, 0.5) is 5.82 Å². The molecule has 1 aromatic carbocycles. The van der Waals surface area contributed by atoms with Crippen molar-refractivity contribution in [1.29, 1.82) is 0 Å². The molecule has 0 spiro atoms. The molecule has 0 bridgehead atoms. The van der Waals surface area contributed by atoms with Gasteiger partial charge < -0.3 is 9.64 Å². The van der Waals surface area contributed by atoms with E-state index in [-0.39, 0.29) is 0 Å². The number of aryl methyl sites for hydroxylation is 1. The van der Waals surface area contributed by atoms with E-state index < -0.39 is 0 Å². The van der Waals surface area contributed by atoms with E-state index in [1.165, 1.54) is 16.7 Å². The highest BCUT2D eigenvalue weighted by atomic mass is 16.5. The third kappa shape index (κ3) is 2.40. The summed E-state index contributed by atoms with van der Waals surface area (Å²) < 4.78 is 5.42. The second kappa shape index (κ2) is 5.54. The zero-order valence-corrected chi connectivity index (χ0v) is 12.7. The van der Waals surface area contributed by atoms with E-state index >= 15 is 0 Å². The first kappa shape index (κ1) is 13.5. The molecule has 0 N–H and O–H groups in total. The molecule has 1 saturated heterocycles. The normalized spacial score (nSPS) is 17.3. The first-order valence-electron chi connectivity index (χ1n) is 7.75. The van der Waals surface area contributed by atoms with E-state index in [1.54, 1.807) is 0 Å². The van der Waals surface area contributed by atoms with Gasteiger partial charge in [0.15, 0.2) is 0 Å². The lowest BCUT2D eigenvalue weighted by Gasteiger charge is -2.28. The molecule has 22 heavy (non-hydrogen) atoms. The van der Waals surface area contributed by atoms with Gasteiger partial charge in [-0.15, -0.1) is 0 Å². The van der Waals surface area contributed by atoms with E-state index in [0.29, 0.717) is 0 Å². The minimum absolute atomic E-state index is 0.773. The Hall–Kier alpha value is -2.20. The van der Waals surface area contributed by atoms with Gasteiger partial charge in [0.2, 0.25) is 0 Å². The van der Waals surface area contributed by atoms with Crippen LogP contribution in [-0.4, -0.2) is 37.0 Å². The largest absolute Gasteiger partial charge is 0.378 e. The monoisotopic (exact) mass is 293 g/mol. The number of hydrogen-bond acceptors (Lipinski definition) is 4. The van der Waals surface area contributed by atoms with Crippen molar-refractivity contribution in [1.82, 2.24) is 4.98 Å². The lowest BCUT2D eigenvalue weighted by atomic mass is 9.99. The molecule has 0 radical (unpaired) electrons. The van der Waals surface area contributed by atoms with E-state index in [2.05, 4.69) is 47.1 Å². The van der Waals surface area contributed by atoms with Crippen molar-refractivity contribution in [2.45, 2.75) is 13.5 Å². The molecule has 0 aliphatic carbocycles. The van der Waals surface area contributed by atoms with Crippen molar-refractivity contribution >= 4 is 11.5 Å². The Morgan fingerprint density at radius 2 is 1.95 bits per heavy atom. The molecule has 0 amide bonds. The summed E-state index contributed by atoms with van der Waals surface area (Å²) in [5.41, 5.74) is 6.09. The van der Waals surface area contributed by atoms with Gasteiger partial charge in [0.1, 0.15) is 5.82 Å². The molecular weight excluding hydrogens is 274 g/mol. The average molecular weight is 293 g/mol. The molecule has 112 valence electrons. The molecule has 4 nitrogen and oxygen atoms in total. The molecule has 0 atom stereocenters. The van der Waals surface area contributed by atoms with E-state index in [0.717, 1.165) is 49.9 Å².